The first-order valence-corrected chi connectivity index (χ1v) is 6.35. The molecule has 3 heteroatoms. The van der Waals surface area contributed by atoms with Gasteiger partial charge in [-0.1, -0.05) is 19.4 Å². The summed E-state index contributed by atoms with van der Waals surface area (Å²) in [6.45, 7) is 9.13. The molecular formula is C15H22O3. The van der Waals surface area contributed by atoms with Gasteiger partial charge in [-0.05, 0) is 44.1 Å². The molecule has 100 valence electrons. The Balaban J connectivity index is 3.26. The summed E-state index contributed by atoms with van der Waals surface area (Å²) < 4.78 is 5.25. The van der Waals surface area contributed by atoms with Gasteiger partial charge >= 0.3 is 5.97 Å². The molecule has 0 fully saturated rings. The van der Waals surface area contributed by atoms with Crippen LogP contribution >= 0.6 is 0 Å². The van der Waals surface area contributed by atoms with Crippen LogP contribution in [0.3, 0.4) is 0 Å². The van der Waals surface area contributed by atoms with Gasteiger partial charge in [0.1, 0.15) is 5.76 Å². The highest BCUT2D eigenvalue weighted by molar-refractivity contribution is 5.89. The molecule has 18 heavy (non-hydrogen) atoms. The molecule has 0 amide bonds. The van der Waals surface area contributed by atoms with Crippen LogP contribution in [0.25, 0.3) is 0 Å². The third-order valence-electron chi connectivity index (χ3n) is 3.29. The Morgan fingerprint density at radius 3 is 2.33 bits per heavy atom. The summed E-state index contributed by atoms with van der Waals surface area (Å²) in [5, 5.41) is 0. The molecule has 0 unspecified atom stereocenters. The van der Waals surface area contributed by atoms with Crippen LogP contribution in [0, 0.1) is 5.41 Å². The topological polar surface area (TPSA) is 43.4 Å². The molecule has 0 heterocycles. The largest absolute Gasteiger partial charge is 0.426 e. The highest BCUT2D eigenvalue weighted by Gasteiger charge is 2.32. The van der Waals surface area contributed by atoms with Crippen molar-refractivity contribution >= 4 is 11.8 Å². The van der Waals surface area contributed by atoms with Crippen LogP contribution in [-0.2, 0) is 14.3 Å². The van der Waals surface area contributed by atoms with Gasteiger partial charge in [0.2, 0.25) is 0 Å². The van der Waals surface area contributed by atoms with Crippen LogP contribution < -0.4 is 0 Å². The standard InChI is InChI=1S/C15H22O3/c1-10-7-6-8-15(4,5)14(10)13(9-11(2)16)18-12(3)17/h9H,6-8H2,1-5H3/b13-9-. The van der Waals surface area contributed by atoms with Crippen LogP contribution in [0.4, 0.5) is 0 Å². The van der Waals surface area contributed by atoms with Crippen LogP contribution in [0.15, 0.2) is 23.0 Å². The lowest BCUT2D eigenvalue weighted by Crippen LogP contribution is -2.23. The zero-order valence-corrected chi connectivity index (χ0v) is 11.9. The van der Waals surface area contributed by atoms with Crippen molar-refractivity contribution in [2.24, 2.45) is 5.41 Å². The van der Waals surface area contributed by atoms with E-state index in [1.165, 1.54) is 25.5 Å². The second kappa shape index (κ2) is 5.51. The predicted octanol–water partition coefficient (Wildman–Crippen LogP) is 3.55. The maximum atomic E-state index is 11.3. The van der Waals surface area contributed by atoms with Crippen molar-refractivity contribution in [1.82, 2.24) is 0 Å². The SMILES string of the molecule is CC(=O)/C=C(\OC(C)=O)C1=C(C)CCCC1(C)C. The summed E-state index contributed by atoms with van der Waals surface area (Å²) in [6.07, 6.45) is 4.59. The molecule has 0 saturated carbocycles. The molecule has 0 atom stereocenters. The van der Waals surface area contributed by atoms with E-state index in [2.05, 4.69) is 13.8 Å². The van der Waals surface area contributed by atoms with E-state index in [1.807, 2.05) is 6.92 Å². The molecule has 0 aliphatic heterocycles. The number of allylic oxidation sites excluding steroid dienone is 3. The van der Waals surface area contributed by atoms with E-state index in [-0.39, 0.29) is 17.2 Å². The summed E-state index contributed by atoms with van der Waals surface area (Å²) in [5.41, 5.74) is 2.16. The molecule has 0 radical (unpaired) electrons. The molecule has 0 aromatic carbocycles. The summed E-state index contributed by atoms with van der Waals surface area (Å²) in [4.78, 5) is 22.5. The van der Waals surface area contributed by atoms with Gasteiger partial charge in [0, 0.05) is 13.0 Å². The minimum absolute atomic E-state index is 0.0565. The zero-order chi connectivity index (χ0) is 13.9. The van der Waals surface area contributed by atoms with E-state index >= 15 is 0 Å². The number of carbonyl (C=O) groups is 2. The van der Waals surface area contributed by atoms with Crippen LogP contribution in [-0.4, -0.2) is 11.8 Å². The number of carbonyl (C=O) groups excluding carboxylic acids is 2. The zero-order valence-electron chi connectivity index (χ0n) is 11.9. The Bertz CT molecular complexity index is 425. The van der Waals surface area contributed by atoms with E-state index in [9.17, 15) is 9.59 Å². The maximum Gasteiger partial charge on any atom is 0.308 e. The molecule has 0 spiro atoms. The van der Waals surface area contributed by atoms with Crippen molar-refractivity contribution < 1.29 is 14.3 Å². The summed E-state index contributed by atoms with van der Waals surface area (Å²) in [5.74, 6) is -0.0608. The first-order chi connectivity index (χ1) is 8.24. The molecule has 0 saturated heterocycles. The minimum Gasteiger partial charge on any atom is -0.426 e. The average Bonchev–Trinajstić information content (AvgIpc) is 2.13. The molecule has 0 N–H and O–H groups in total. The van der Waals surface area contributed by atoms with Gasteiger partial charge in [-0.2, -0.15) is 0 Å². The average molecular weight is 250 g/mol. The highest BCUT2D eigenvalue weighted by Crippen LogP contribution is 2.43. The van der Waals surface area contributed by atoms with Crippen molar-refractivity contribution in [1.29, 1.82) is 0 Å². The Morgan fingerprint density at radius 2 is 1.89 bits per heavy atom. The fraction of sp³-hybridized carbons (Fsp3) is 0.600. The van der Waals surface area contributed by atoms with E-state index in [4.69, 9.17) is 4.74 Å². The molecule has 1 aliphatic rings. The lowest BCUT2D eigenvalue weighted by molar-refractivity contribution is -0.136. The lowest BCUT2D eigenvalue weighted by atomic mass is 9.72. The van der Waals surface area contributed by atoms with E-state index in [1.54, 1.807) is 0 Å². The van der Waals surface area contributed by atoms with Crippen molar-refractivity contribution in [2.45, 2.75) is 53.9 Å². The summed E-state index contributed by atoms with van der Waals surface area (Å²) in [7, 11) is 0. The quantitative estimate of drug-likeness (QED) is 0.437. The van der Waals surface area contributed by atoms with Crippen molar-refractivity contribution in [2.75, 3.05) is 0 Å². The highest BCUT2D eigenvalue weighted by atomic mass is 16.5. The Kier molecular flexibility index (Phi) is 4.49. The third-order valence-corrected chi connectivity index (χ3v) is 3.29. The minimum atomic E-state index is -0.385. The van der Waals surface area contributed by atoms with Gasteiger partial charge in [-0.25, -0.2) is 0 Å². The van der Waals surface area contributed by atoms with E-state index in [0.29, 0.717) is 5.76 Å². The number of ketones is 1. The molecule has 1 aliphatic carbocycles. The number of hydrogen-bond donors (Lipinski definition) is 0. The number of hydrogen-bond acceptors (Lipinski definition) is 3. The maximum absolute atomic E-state index is 11.3. The normalized spacial score (nSPS) is 19.7. The molecule has 0 aromatic heterocycles. The van der Waals surface area contributed by atoms with Gasteiger partial charge in [0.15, 0.2) is 5.78 Å². The van der Waals surface area contributed by atoms with Crippen molar-refractivity contribution in [3.05, 3.63) is 23.0 Å². The fourth-order valence-corrected chi connectivity index (χ4v) is 2.66. The molecule has 0 aromatic rings. The predicted molar refractivity (Wildman–Crippen MR) is 70.9 cm³/mol. The van der Waals surface area contributed by atoms with E-state index in [0.717, 1.165) is 24.8 Å². The number of rotatable bonds is 3. The monoisotopic (exact) mass is 250 g/mol. The summed E-state index contributed by atoms with van der Waals surface area (Å²) >= 11 is 0. The Hall–Kier alpha value is -1.38. The molecule has 3 nitrogen and oxygen atoms in total. The van der Waals surface area contributed by atoms with Crippen LogP contribution in [0.2, 0.25) is 0 Å². The van der Waals surface area contributed by atoms with Crippen molar-refractivity contribution in [3.63, 3.8) is 0 Å². The smallest absolute Gasteiger partial charge is 0.308 e. The second-order valence-electron chi connectivity index (χ2n) is 5.61. The first kappa shape index (κ1) is 14.7. The van der Waals surface area contributed by atoms with Crippen molar-refractivity contribution in [3.8, 4) is 0 Å². The lowest BCUT2D eigenvalue weighted by Gasteiger charge is -2.35. The van der Waals surface area contributed by atoms with Gasteiger partial charge in [0.05, 0.1) is 0 Å². The van der Waals surface area contributed by atoms with Gasteiger partial charge < -0.3 is 4.74 Å². The molecule has 0 bridgehead atoms. The number of esters is 1. The van der Waals surface area contributed by atoms with Gasteiger partial charge in [-0.15, -0.1) is 0 Å². The number of ether oxygens (including phenoxy) is 1. The Morgan fingerprint density at radius 1 is 1.28 bits per heavy atom. The van der Waals surface area contributed by atoms with Crippen LogP contribution in [0.5, 0.6) is 0 Å². The fourth-order valence-electron chi connectivity index (χ4n) is 2.66. The summed E-state index contributed by atoms with van der Waals surface area (Å²) in [6, 6.07) is 0. The second-order valence-corrected chi connectivity index (χ2v) is 5.61. The van der Waals surface area contributed by atoms with Crippen LogP contribution in [0.1, 0.15) is 53.9 Å². The van der Waals surface area contributed by atoms with E-state index < -0.39 is 0 Å². The van der Waals surface area contributed by atoms with Gasteiger partial charge in [-0.3, -0.25) is 9.59 Å². The first-order valence-electron chi connectivity index (χ1n) is 6.35. The molecule has 1 rings (SSSR count). The third kappa shape index (κ3) is 3.56. The Labute approximate surface area is 109 Å². The molecular weight excluding hydrogens is 228 g/mol. The van der Waals surface area contributed by atoms with Gasteiger partial charge in [0.25, 0.3) is 0 Å².